The highest BCUT2D eigenvalue weighted by Crippen LogP contribution is 2.38. The molecule has 0 aliphatic carbocycles. The SMILES string of the molecule is COC(=O)C(C#N)=Cc1cc(OC)c(OC)c(OC)c1. The topological polar surface area (TPSA) is 77.8 Å². The maximum absolute atomic E-state index is 11.4. The zero-order valence-electron chi connectivity index (χ0n) is 11.7. The second-order valence-electron chi connectivity index (χ2n) is 3.62. The predicted molar refractivity (Wildman–Crippen MR) is 71.7 cm³/mol. The first kappa shape index (κ1) is 15.4. The van der Waals surface area contributed by atoms with E-state index in [0.29, 0.717) is 22.8 Å². The Morgan fingerprint density at radius 2 is 1.65 bits per heavy atom. The number of benzene rings is 1. The van der Waals surface area contributed by atoms with E-state index in [1.54, 1.807) is 18.2 Å². The lowest BCUT2D eigenvalue weighted by atomic mass is 10.1. The molecule has 6 heteroatoms. The third-order valence-corrected chi connectivity index (χ3v) is 2.52. The van der Waals surface area contributed by atoms with Gasteiger partial charge in [-0.3, -0.25) is 0 Å². The molecule has 0 unspecified atom stereocenters. The van der Waals surface area contributed by atoms with E-state index in [1.165, 1.54) is 34.5 Å². The molecule has 1 aromatic rings. The zero-order valence-corrected chi connectivity index (χ0v) is 11.7. The minimum atomic E-state index is -0.707. The van der Waals surface area contributed by atoms with E-state index >= 15 is 0 Å². The van der Waals surface area contributed by atoms with Gasteiger partial charge in [-0.25, -0.2) is 4.79 Å². The molecule has 0 atom stereocenters. The number of hydrogen-bond donors (Lipinski definition) is 0. The van der Waals surface area contributed by atoms with Gasteiger partial charge in [0.05, 0.1) is 28.4 Å². The first-order chi connectivity index (χ1) is 9.60. The van der Waals surface area contributed by atoms with E-state index in [-0.39, 0.29) is 5.57 Å². The number of carbonyl (C=O) groups is 1. The summed E-state index contributed by atoms with van der Waals surface area (Å²) >= 11 is 0. The fourth-order valence-electron chi connectivity index (χ4n) is 1.60. The molecule has 0 aliphatic rings. The van der Waals surface area contributed by atoms with Crippen molar-refractivity contribution in [3.05, 3.63) is 23.3 Å². The fourth-order valence-corrected chi connectivity index (χ4v) is 1.60. The van der Waals surface area contributed by atoms with Crippen molar-refractivity contribution in [3.63, 3.8) is 0 Å². The standard InChI is InChI=1S/C14H15NO5/c1-17-11-6-9(5-10(8-15)14(16)20-4)7-12(18-2)13(11)19-3/h5-7H,1-4H3. The Hall–Kier alpha value is -2.68. The van der Waals surface area contributed by atoms with Crippen LogP contribution in [0.2, 0.25) is 0 Å². The number of rotatable bonds is 5. The molecule has 0 N–H and O–H groups in total. The van der Waals surface area contributed by atoms with E-state index in [4.69, 9.17) is 19.5 Å². The summed E-state index contributed by atoms with van der Waals surface area (Å²) in [6.45, 7) is 0. The van der Waals surface area contributed by atoms with Crippen LogP contribution in [0.25, 0.3) is 6.08 Å². The Bertz CT molecular complexity index is 546. The molecule has 1 aromatic carbocycles. The molecule has 106 valence electrons. The van der Waals surface area contributed by atoms with Crippen LogP contribution in [-0.2, 0) is 9.53 Å². The molecule has 0 spiro atoms. The highest BCUT2D eigenvalue weighted by molar-refractivity contribution is 5.98. The van der Waals surface area contributed by atoms with Crippen molar-refractivity contribution in [1.29, 1.82) is 5.26 Å². The molecule has 0 amide bonds. The van der Waals surface area contributed by atoms with Crippen LogP contribution in [0.15, 0.2) is 17.7 Å². The minimum Gasteiger partial charge on any atom is -0.493 e. The van der Waals surface area contributed by atoms with Crippen LogP contribution in [0.4, 0.5) is 0 Å². The summed E-state index contributed by atoms with van der Waals surface area (Å²) in [5.74, 6) is 0.588. The quantitative estimate of drug-likeness (QED) is 0.464. The van der Waals surface area contributed by atoms with Gasteiger partial charge in [-0.15, -0.1) is 0 Å². The van der Waals surface area contributed by atoms with Gasteiger partial charge >= 0.3 is 5.97 Å². The second-order valence-corrected chi connectivity index (χ2v) is 3.62. The number of carbonyl (C=O) groups excluding carboxylic acids is 1. The Balaban J connectivity index is 3.37. The van der Waals surface area contributed by atoms with Gasteiger partial charge < -0.3 is 18.9 Å². The molecule has 0 saturated carbocycles. The van der Waals surface area contributed by atoms with Gasteiger partial charge in [-0.1, -0.05) is 0 Å². The molecule has 1 rings (SSSR count). The lowest BCUT2D eigenvalue weighted by Crippen LogP contribution is -2.02. The maximum Gasteiger partial charge on any atom is 0.348 e. The number of esters is 1. The van der Waals surface area contributed by atoms with E-state index in [1.807, 2.05) is 0 Å². The smallest absolute Gasteiger partial charge is 0.348 e. The third kappa shape index (κ3) is 3.20. The van der Waals surface area contributed by atoms with Crippen molar-refractivity contribution in [2.24, 2.45) is 0 Å². The molecule has 0 fully saturated rings. The molecule has 0 aliphatic heterocycles. The first-order valence-electron chi connectivity index (χ1n) is 5.61. The second kappa shape index (κ2) is 7.04. The van der Waals surface area contributed by atoms with Crippen molar-refractivity contribution >= 4 is 12.0 Å². The Morgan fingerprint density at radius 3 is 2.00 bits per heavy atom. The van der Waals surface area contributed by atoms with Crippen LogP contribution in [0, 0.1) is 11.3 Å². The number of nitrogens with zero attached hydrogens (tertiary/aromatic N) is 1. The van der Waals surface area contributed by atoms with Gasteiger partial charge in [0.2, 0.25) is 5.75 Å². The lowest BCUT2D eigenvalue weighted by molar-refractivity contribution is -0.135. The molecular formula is C14H15NO5. The number of methoxy groups -OCH3 is 4. The highest BCUT2D eigenvalue weighted by Gasteiger charge is 2.14. The minimum absolute atomic E-state index is 0.123. The summed E-state index contributed by atoms with van der Waals surface area (Å²) in [5.41, 5.74) is 0.434. The average molecular weight is 277 g/mol. The summed E-state index contributed by atoms with van der Waals surface area (Å²) in [6, 6.07) is 5.03. The monoisotopic (exact) mass is 277 g/mol. The van der Waals surface area contributed by atoms with E-state index in [9.17, 15) is 4.79 Å². The van der Waals surface area contributed by atoms with Crippen LogP contribution >= 0.6 is 0 Å². The van der Waals surface area contributed by atoms with Crippen molar-refractivity contribution < 1.29 is 23.7 Å². The predicted octanol–water partition coefficient (Wildman–Crippen LogP) is 1.79. The number of hydrogen-bond acceptors (Lipinski definition) is 6. The summed E-state index contributed by atoms with van der Waals surface area (Å²) in [6.07, 6.45) is 1.39. The molecule has 0 saturated heterocycles. The van der Waals surface area contributed by atoms with Crippen molar-refractivity contribution in [2.45, 2.75) is 0 Å². The molecule has 0 aromatic heterocycles. The molecule has 0 heterocycles. The Kier molecular flexibility index (Phi) is 5.42. The maximum atomic E-state index is 11.4. The summed E-state index contributed by atoms with van der Waals surface area (Å²) in [5, 5.41) is 8.94. The van der Waals surface area contributed by atoms with Crippen molar-refractivity contribution in [3.8, 4) is 23.3 Å². The largest absolute Gasteiger partial charge is 0.493 e. The summed E-state index contributed by atoms with van der Waals surface area (Å²) in [7, 11) is 5.67. The highest BCUT2D eigenvalue weighted by atomic mass is 16.5. The van der Waals surface area contributed by atoms with Gasteiger partial charge in [0.15, 0.2) is 11.5 Å². The zero-order chi connectivity index (χ0) is 15.1. The first-order valence-corrected chi connectivity index (χ1v) is 5.61. The van der Waals surface area contributed by atoms with Crippen LogP contribution in [0.3, 0.4) is 0 Å². The van der Waals surface area contributed by atoms with Gasteiger partial charge in [0, 0.05) is 0 Å². The normalized spacial score (nSPS) is 10.4. The Morgan fingerprint density at radius 1 is 1.10 bits per heavy atom. The molecule has 0 bridgehead atoms. The molecular weight excluding hydrogens is 262 g/mol. The van der Waals surface area contributed by atoms with Crippen LogP contribution in [-0.4, -0.2) is 34.4 Å². The van der Waals surface area contributed by atoms with Crippen LogP contribution in [0.5, 0.6) is 17.2 Å². The van der Waals surface area contributed by atoms with Gasteiger partial charge in [-0.2, -0.15) is 5.26 Å². The van der Waals surface area contributed by atoms with Gasteiger partial charge in [0.25, 0.3) is 0 Å². The molecule has 20 heavy (non-hydrogen) atoms. The van der Waals surface area contributed by atoms with Crippen molar-refractivity contribution in [1.82, 2.24) is 0 Å². The third-order valence-electron chi connectivity index (χ3n) is 2.52. The van der Waals surface area contributed by atoms with Crippen LogP contribution in [0.1, 0.15) is 5.56 Å². The summed E-state index contributed by atoms with van der Waals surface area (Å²) in [4.78, 5) is 11.4. The fraction of sp³-hybridized carbons (Fsp3) is 0.286. The molecule has 6 nitrogen and oxygen atoms in total. The van der Waals surface area contributed by atoms with Gasteiger partial charge in [0.1, 0.15) is 11.6 Å². The Labute approximate surface area is 117 Å². The van der Waals surface area contributed by atoms with E-state index in [0.717, 1.165) is 0 Å². The molecule has 0 radical (unpaired) electrons. The number of nitriles is 1. The van der Waals surface area contributed by atoms with E-state index < -0.39 is 5.97 Å². The number of ether oxygens (including phenoxy) is 4. The lowest BCUT2D eigenvalue weighted by Gasteiger charge is -2.12. The summed E-state index contributed by atoms with van der Waals surface area (Å²) < 4.78 is 20.1. The van der Waals surface area contributed by atoms with Crippen LogP contribution < -0.4 is 14.2 Å². The van der Waals surface area contributed by atoms with Crippen molar-refractivity contribution in [2.75, 3.05) is 28.4 Å². The average Bonchev–Trinajstić information content (AvgIpc) is 2.50. The van der Waals surface area contributed by atoms with Gasteiger partial charge in [-0.05, 0) is 23.8 Å². The van der Waals surface area contributed by atoms with E-state index in [2.05, 4.69) is 4.74 Å².